The first kappa shape index (κ1) is 9.40. The summed E-state index contributed by atoms with van der Waals surface area (Å²) in [5.74, 6) is 0.870. The van der Waals surface area contributed by atoms with Crippen molar-refractivity contribution in [2.24, 2.45) is 4.99 Å². The van der Waals surface area contributed by atoms with E-state index in [0.29, 0.717) is 0 Å². The van der Waals surface area contributed by atoms with Crippen LogP contribution in [0.3, 0.4) is 0 Å². The molecule has 2 nitrogen and oxygen atoms in total. The van der Waals surface area contributed by atoms with Gasteiger partial charge in [-0.3, -0.25) is 4.99 Å². The maximum Gasteiger partial charge on any atom is 0.159 e. The van der Waals surface area contributed by atoms with Gasteiger partial charge in [-0.2, -0.15) is 0 Å². The molecule has 16 heavy (non-hydrogen) atoms. The molecule has 0 bridgehead atoms. The van der Waals surface area contributed by atoms with Crippen LogP contribution < -0.4 is 4.74 Å². The molecule has 0 saturated carbocycles. The van der Waals surface area contributed by atoms with Crippen LogP contribution in [0.1, 0.15) is 12.8 Å². The van der Waals surface area contributed by atoms with Crippen LogP contribution in [0.25, 0.3) is 0 Å². The second-order valence-corrected chi connectivity index (χ2v) is 3.97. The molecule has 1 aromatic rings. The van der Waals surface area contributed by atoms with Crippen molar-refractivity contribution in [3.8, 4) is 5.75 Å². The van der Waals surface area contributed by atoms with Gasteiger partial charge in [0.1, 0.15) is 11.4 Å². The molecular formula is C14H13NO. The zero-order valence-electron chi connectivity index (χ0n) is 8.97. The Morgan fingerprint density at radius 1 is 1.19 bits per heavy atom. The zero-order chi connectivity index (χ0) is 10.8. The van der Waals surface area contributed by atoms with Gasteiger partial charge >= 0.3 is 0 Å². The van der Waals surface area contributed by atoms with Gasteiger partial charge in [-0.05, 0) is 30.5 Å². The van der Waals surface area contributed by atoms with Gasteiger partial charge in [0.15, 0.2) is 6.10 Å². The molecule has 80 valence electrons. The lowest BCUT2D eigenvalue weighted by Gasteiger charge is -2.22. The van der Waals surface area contributed by atoms with Crippen molar-refractivity contribution in [3.63, 3.8) is 0 Å². The number of rotatable bonds is 1. The average Bonchev–Trinajstić information content (AvgIpc) is 2.39. The molecule has 0 spiro atoms. The molecule has 1 aromatic carbocycles. The van der Waals surface area contributed by atoms with Gasteiger partial charge in [-0.1, -0.05) is 30.4 Å². The summed E-state index contributed by atoms with van der Waals surface area (Å²) in [6, 6.07) is 7.88. The van der Waals surface area contributed by atoms with Gasteiger partial charge < -0.3 is 4.74 Å². The van der Waals surface area contributed by atoms with E-state index in [2.05, 4.69) is 23.2 Å². The second-order valence-electron chi connectivity index (χ2n) is 3.97. The van der Waals surface area contributed by atoms with E-state index in [9.17, 15) is 0 Å². The molecule has 2 heteroatoms. The predicted molar refractivity (Wildman–Crippen MR) is 65.5 cm³/mol. The van der Waals surface area contributed by atoms with Crippen LogP contribution in [-0.4, -0.2) is 12.3 Å². The smallest absolute Gasteiger partial charge is 0.159 e. The number of hydrogen-bond donors (Lipinski definition) is 0. The largest absolute Gasteiger partial charge is 0.478 e. The highest BCUT2D eigenvalue weighted by Gasteiger charge is 2.18. The van der Waals surface area contributed by atoms with Crippen LogP contribution in [0.5, 0.6) is 5.75 Å². The van der Waals surface area contributed by atoms with Crippen LogP contribution in [0.15, 0.2) is 53.1 Å². The van der Waals surface area contributed by atoms with Crippen LogP contribution in [0.4, 0.5) is 5.69 Å². The third-order valence-corrected chi connectivity index (χ3v) is 2.82. The molecule has 1 atom stereocenters. The maximum atomic E-state index is 5.90. The number of ether oxygens (including phenoxy) is 1. The summed E-state index contributed by atoms with van der Waals surface area (Å²) >= 11 is 0. The fourth-order valence-electron chi connectivity index (χ4n) is 1.98. The molecule has 0 saturated heterocycles. The fourth-order valence-corrected chi connectivity index (χ4v) is 1.98. The summed E-state index contributed by atoms with van der Waals surface area (Å²) in [5, 5.41) is 0. The van der Waals surface area contributed by atoms with Gasteiger partial charge in [-0.15, -0.1) is 0 Å². The molecule has 2 aliphatic rings. The van der Waals surface area contributed by atoms with E-state index in [1.165, 1.54) is 5.57 Å². The summed E-state index contributed by atoms with van der Waals surface area (Å²) in [6.07, 6.45) is 10.6. The van der Waals surface area contributed by atoms with Crippen LogP contribution >= 0.6 is 0 Å². The molecule has 0 N–H and O–H groups in total. The Labute approximate surface area is 95.0 Å². The van der Waals surface area contributed by atoms with Gasteiger partial charge in [0.05, 0.1) is 6.21 Å². The minimum absolute atomic E-state index is 0.0218. The Hall–Kier alpha value is -1.83. The van der Waals surface area contributed by atoms with Crippen molar-refractivity contribution in [1.82, 2.24) is 0 Å². The van der Waals surface area contributed by atoms with E-state index in [-0.39, 0.29) is 6.10 Å². The summed E-state index contributed by atoms with van der Waals surface area (Å²) in [6.45, 7) is 0. The van der Waals surface area contributed by atoms with E-state index < -0.39 is 0 Å². The Kier molecular flexibility index (Phi) is 2.33. The molecule has 1 aliphatic heterocycles. The minimum atomic E-state index is -0.0218. The van der Waals surface area contributed by atoms with Crippen molar-refractivity contribution in [1.29, 1.82) is 0 Å². The molecule has 1 unspecified atom stereocenters. The molecule has 0 radical (unpaired) electrons. The maximum absolute atomic E-state index is 5.90. The second kappa shape index (κ2) is 3.97. The van der Waals surface area contributed by atoms with Crippen molar-refractivity contribution in [2.45, 2.75) is 18.9 Å². The van der Waals surface area contributed by atoms with Gasteiger partial charge in [0.25, 0.3) is 0 Å². The quantitative estimate of drug-likeness (QED) is 0.697. The van der Waals surface area contributed by atoms with Crippen LogP contribution in [-0.2, 0) is 0 Å². The van der Waals surface area contributed by atoms with E-state index in [4.69, 9.17) is 4.74 Å². The topological polar surface area (TPSA) is 21.6 Å². The van der Waals surface area contributed by atoms with E-state index in [0.717, 1.165) is 24.3 Å². The van der Waals surface area contributed by atoms with E-state index in [1.807, 2.05) is 30.5 Å². The third-order valence-electron chi connectivity index (χ3n) is 2.82. The van der Waals surface area contributed by atoms with E-state index in [1.54, 1.807) is 0 Å². The van der Waals surface area contributed by atoms with Crippen molar-refractivity contribution in [2.75, 3.05) is 0 Å². The lowest BCUT2D eigenvalue weighted by molar-refractivity contribution is 0.305. The molecule has 3 rings (SSSR count). The van der Waals surface area contributed by atoms with Crippen molar-refractivity contribution < 1.29 is 4.74 Å². The molecule has 1 aliphatic carbocycles. The highest BCUT2D eigenvalue weighted by molar-refractivity contribution is 5.77. The lowest BCUT2D eigenvalue weighted by atomic mass is 10.0. The summed E-state index contributed by atoms with van der Waals surface area (Å²) in [5.41, 5.74) is 2.13. The number of aliphatic imine (C=N–C) groups is 1. The van der Waals surface area contributed by atoms with Gasteiger partial charge in [0, 0.05) is 0 Å². The molecule has 1 heterocycles. The normalized spacial score (nSPS) is 22.2. The lowest BCUT2D eigenvalue weighted by Crippen LogP contribution is -2.23. The van der Waals surface area contributed by atoms with E-state index >= 15 is 0 Å². The van der Waals surface area contributed by atoms with Crippen molar-refractivity contribution >= 4 is 11.9 Å². The number of benzene rings is 1. The number of para-hydroxylation sites is 2. The summed E-state index contributed by atoms with van der Waals surface area (Å²) < 4.78 is 5.90. The Morgan fingerprint density at radius 3 is 3.00 bits per heavy atom. The molecule has 0 fully saturated rings. The minimum Gasteiger partial charge on any atom is -0.478 e. The third kappa shape index (κ3) is 1.67. The first-order valence-corrected chi connectivity index (χ1v) is 5.60. The molecule has 0 aromatic heterocycles. The number of fused-ring (bicyclic) bond motifs is 1. The first-order chi connectivity index (χ1) is 7.93. The van der Waals surface area contributed by atoms with Crippen molar-refractivity contribution in [3.05, 3.63) is 48.1 Å². The predicted octanol–water partition coefficient (Wildman–Crippen LogP) is 3.43. The summed E-state index contributed by atoms with van der Waals surface area (Å²) in [4.78, 5) is 4.42. The van der Waals surface area contributed by atoms with Gasteiger partial charge in [-0.25, -0.2) is 0 Å². The van der Waals surface area contributed by atoms with Crippen LogP contribution in [0, 0.1) is 0 Å². The number of nitrogens with zero attached hydrogens (tertiary/aromatic N) is 1. The zero-order valence-corrected chi connectivity index (χ0v) is 8.97. The van der Waals surface area contributed by atoms with Crippen LogP contribution in [0.2, 0.25) is 0 Å². The number of allylic oxidation sites excluding steroid dienone is 2. The average molecular weight is 211 g/mol. The first-order valence-electron chi connectivity index (χ1n) is 5.60. The number of hydrogen-bond acceptors (Lipinski definition) is 2. The SMILES string of the molecule is C1=CC(C2C=Nc3ccccc3O2)=CCC1. The van der Waals surface area contributed by atoms with Gasteiger partial charge in [0.2, 0.25) is 0 Å². The standard InChI is InChI=1S/C14H13NO/c1-2-6-11(7-3-1)14-10-15-12-8-4-5-9-13(12)16-14/h2,4-10,14H,1,3H2. The Balaban J connectivity index is 1.88. The Bertz CT molecular complexity index is 485. The fraction of sp³-hybridized carbons (Fsp3) is 0.214. The molecular weight excluding hydrogens is 198 g/mol. The molecule has 0 amide bonds. The summed E-state index contributed by atoms with van der Waals surface area (Å²) in [7, 11) is 0. The monoisotopic (exact) mass is 211 g/mol. The highest BCUT2D eigenvalue weighted by atomic mass is 16.5. The highest BCUT2D eigenvalue weighted by Crippen LogP contribution is 2.32. The Morgan fingerprint density at radius 2 is 2.12 bits per heavy atom.